The average molecular weight is 196 g/mol. The Morgan fingerprint density at radius 1 is 1.43 bits per heavy atom. The summed E-state index contributed by atoms with van der Waals surface area (Å²) in [6.07, 6.45) is 0.804. The number of hydrogen-bond acceptors (Lipinski definition) is 2. The van der Waals surface area contributed by atoms with Crippen LogP contribution in [0, 0.1) is 5.82 Å². The van der Waals surface area contributed by atoms with Gasteiger partial charge in [-0.05, 0) is 18.6 Å². The van der Waals surface area contributed by atoms with Crippen molar-refractivity contribution >= 4 is 5.97 Å². The van der Waals surface area contributed by atoms with Crippen LogP contribution in [0.3, 0.4) is 0 Å². The lowest BCUT2D eigenvalue weighted by Gasteiger charge is -2.08. The van der Waals surface area contributed by atoms with Crippen molar-refractivity contribution in [2.45, 2.75) is 26.7 Å². The van der Waals surface area contributed by atoms with Crippen molar-refractivity contribution in [1.82, 2.24) is 0 Å². The van der Waals surface area contributed by atoms with E-state index in [2.05, 4.69) is 0 Å². The molecule has 0 radical (unpaired) electrons. The Kier molecular flexibility index (Phi) is 3.63. The SMILES string of the molecule is CCC(=O)Oc1cccc(F)c1CC. The fraction of sp³-hybridized carbons (Fsp3) is 0.364. The molecule has 1 aromatic carbocycles. The van der Waals surface area contributed by atoms with E-state index in [1.807, 2.05) is 6.92 Å². The summed E-state index contributed by atoms with van der Waals surface area (Å²) in [5.74, 6) is -0.335. The van der Waals surface area contributed by atoms with Crippen LogP contribution in [0.2, 0.25) is 0 Å². The number of carbonyl (C=O) groups is 1. The normalized spacial score (nSPS) is 9.93. The number of carbonyl (C=O) groups excluding carboxylic acids is 1. The van der Waals surface area contributed by atoms with E-state index in [9.17, 15) is 9.18 Å². The molecular weight excluding hydrogens is 183 g/mol. The van der Waals surface area contributed by atoms with Crippen molar-refractivity contribution in [1.29, 1.82) is 0 Å². The third kappa shape index (κ3) is 2.31. The molecule has 0 saturated carbocycles. The van der Waals surface area contributed by atoms with Crippen LogP contribution >= 0.6 is 0 Å². The second kappa shape index (κ2) is 4.74. The molecule has 0 heterocycles. The molecule has 0 spiro atoms. The average Bonchev–Trinajstić information content (AvgIpc) is 2.18. The van der Waals surface area contributed by atoms with Gasteiger partial charge in [-0.15, -0.1) is 0 Å². The maximum atomic E-state index is 13.2. The van der Waals surface area contributed by atoms with Gasteiger partial charge in [-0.3, -0.25) is 4.79 Å². The van der Waals surface area contributed by atoms with Crippen LogP contribution in [0.25, 0.3) is 0 Å². The van der Waals surface area contributed by atoms with Crippen molar-refractivity contribution in [3.05, 3.63) is 29.6 Å². The lowest BCUT2D eigenvalue weighted by Crippen LogP contribution is -2.07. The second-order valence-corrected chi connectivity index (χ2v) is 2.90. The fourth-order valence-electron chi connectivity index (χ4n) is 1.17. The first-order valence-electron chi connectivity index (χ1n) is 4.67. The standard InChI is InChI=1S/C11H13FO2/c1-3-8-9(12)6-5-7-10(8)14-11(13)4-2/h5-7H,3-4H2,1-2H3. The zero-order chi connectivity index (χ0) is 10.6. The smallest absolute Gasteiger partial charge is 0.310 e. The first kappa shape index (κ1) is 10.7. The summed E-state index contributed by atoms with van der Waals surface area (Å²) >= 11 is 0. The maximum Gasteiger partial charge on any atom is 0.310 e. The summed E-state index contributed by atoms with van der Waals surface area (Å²) < 4.78 is 18.2. The molecule has 0 aromatic heterocycles. The number of halogens is 1. The van der Waals surface area contributed by atoms with Crippen molar-refractivity contribution in [2.24, 2.45) is 0 Å². The first-order chi connectivity index (χ1) is 6.69. The molecule has 2 nitrogen and oxygen atoms in total. The highest BCUT2D eigenvalue weighted by Gasteiger charge is 2.09. The van der Waals surface area contributed by atoms with Crippen molar-refractivity contribution < 1.29 is 13.9 Å². The highest BCUT2D eigenvalue weighted by atomic mass is 19.1. The number of rotatable bonds is 3. The Hall–Kier alpha value is -1.38. The van der Waals surface area contributed by atoms with Gasteiger partial charge < -0.3 is 4.74 Å². The minimum atomic E-state index is -0.342. The number of ether oxygens (including phenoxy) is 1. The van der Waals surface area contributed by atoms with Crippen molar-refractivity contribution in [3.63, 3.8) is 0 Å². The quantitative estimate of drug-likeness (QED) is 0.548. The number of benzene rings is 1. The first-order valence-corrected chi connectivity index (χ1v) is 4.67. The summed E-state index contributed by atoms with van der Waals surface area (Å²) in [5.41, 5.74) is 0.453. The van der Waals surface area contributed by atoms with Crippen LogP contribution in [0.5, 0.6) is 5.75 Å². The zero-order valence-electron chi connectivity index (χ0n) is 8.34. The van der Waals surface area contributed by atoms with Gasteiger partial charge in [0.2, 0.25) is 0 Å². The minimum absolute atomic E-state index is 0.291. The summed E-state index contributed by atoms with van der Waals surface area (Å²) in [7, 11) is 0. The largest absolute Gasteiger partial charge is 0.426 e. The van der Waals surface area contributed by atoms with E-state index in [0.717, 1.165) is 0 Å². The highest BCUT2D eigenvalue weighted by molar-refractivity contribution is 5.72. The zero-order valence-corrected chi connectivity index (χ0v) is 8.34. The predicted molar refractivity (Wildman–Crippen MR) is 51.7 cm³/mol. The predicted octanol–water partition coefficient (Wildman–Crippen LogP) is 2.70. The summed E-state index contributed by atoms with van der Waals surface area (Å²) in [5, 5.41) is 0. The lowest BCUT2D eigenvalue weighted by atomic mass is 10.1. The van der Waals surface area contributed by atoms with E-state index in [4.69, 9.17) is 4.74 Å². The van der Waals surface area contributed by atoms with Crippen LogP contribution in [0.4, 0.5) is 4.39 Å². The molecule has 0 amide bonds. The van der Waals surface area contributed by atoms with Gasteiger partial charge in [0.05, 0.1) is 0 Å². The molecule has 0 N–H and O–H groups in total. The Morgan fingerprint density at radius 2 is 2.14 bits per heavy atom. The van der Waals surface area contributed by atoms with Crippen molar-refractivity contribution in [3.8, 4) is 5.75 Å². The van der Waals surface area contributed by atoms with E-state index in [-0.39, 0.29) is 11.8 Å². The summed E-state index contributed by atoms with van der Waals surface area (Å²) in [6.45, 7) is 3.52. The Bertz CT molecular complexity index is 334. The van der Waals surface area contributed by atoms with E-state index < -0.39 is 0 Å². The summed E-state index contributed by atoms with van der Waals surface area (Å²) in [6, 6.07) is 4.50. The molecule has 3 heteroatoms. The molecule has 0 fully saturated rings. The molecule has 0 aliphatic carbocycles. The Labute approximate surface area is 82.7 Å². The molecule has 0 atom stereocenters. The van der Waals surface area contributed by atoms with Crippen LogP contribution in [-0.4, -0.2) is 5.97 Å². The Balaban J connectivity index is 2.96. The maximum absolute atomic E-state index is 13.2. The number of hydrogen-bond donors (Lipinski definition) is 0. The van der Waals surface area contributed by atoms with Gasteiger partial charge in [-0.25, -0.2) is 4.39 Å². The van der Waals surface area contributed by atoms with E-state index in [1.54, 1.807) is 13.0 Å². The van der Waals surface area contributed by atoms with Gasteiger partial charge in [-0.1, -0.05) is 19.9 Å². The molecule has 1 rings (SSSR count). The molecule has 0 aliphatic rings. The van der Waals surface area contributed by atoms with Gasteiger partial charge in [0.15, 0.2) is 0 Å². The fourth-order valence-corrected chi connectivity index (χ4v) is 1.17. The van der Waals surface area contributed by atoms with Crippen LogP contribution in [-0.2, 0) is 11.2 Å². The molecule has 0 aliphatic heterocycles. The molecule has 0 bridgehead atoms. The van der Waals surface area contributed by atoms with Crippen LogP contribution in [0.1, 0.15) is 25.8 Å². The molecule has 14 heavy (non-hydrogen) atoms. The molecule has 1 aromatic rings. The van der Waals surface area contributed by atoms with Crippen molar-refractivity contribution in [2.75, 3.05) is 0 Å². The second-order valence-electron chi connectivity index (χ2n) is 2.90. The van der Waals surface area contributed by atoms with Gasteiger partial charge in [0.25, 0.3) is 0 Å². The molecule has 0 saturated heterocycles. The van der Waals surface area contributed by atoms with Gasteiger partial charge in [0.1, 0.15) is 11.6 Å². The topological polar surface area (TPSA) is 26.3 Å². The van der Waals surface area contributed by atoms with Gasteiger partial charge >= 0.3 is 5.97 Å². The highest BCUT2D eigenvalue weighted by Crippen LogP contribution is 2.22. The molecule has 76 valence electrons. The third-order valence-corrected chi connectivity index (χ3v) is 1.94. The van der Waals surface area contributed by atoms with E-state index >= 15 is 0 Å². The molecule has 0 unspecified atom stereocenters. The lowest BCUT2D eigenvalue weighted by molar-refractivity contribution is -0.134. The minimum Gasteiger partial charge on any atom is -0.426 e. The van der Waals surface area contributed by atoms with E-state index in [1.165, 1.54) is 12.1 Å². The summed E-state index contributed by atoms with van der Waals surface area (Å²) in [4.78, 5) is 11.0. The van der Waals surface area contributed by atoms with Gasteiger partial charge in [-0.2, -0.15) is 0 Å². The van der Waals surface area contributed by atoms with E-state index in [0.29, 0.717) is 24.2 Å². The monoisotopic (exact) mass is 196 g/mol. The van der Waals surface area contributed by atoms with Crippen LogP contribution in [0.15, 0.2) is 18.2 Å². The third-order valence-electron chi connectivity index (χ3n) is 1.94. The molecular formula is C11H13FO2. The Morgan fingerprint density at radius 3 is 2.71 bits per heavy atom. The number of esters is 1. The van der Waals surface area contributed by atoms with Crippen LogP contribution < -0.4 is 4.74 Å². The van der Waals surface area contributed by atoms with Gasteiger partial charge in [0, 0.05) is 12.0 Å².